The molecule has 0 rings (SSSR count). The van der Waals surface area contributed by atoms with Gasteiger partial charge in [0.1, 0.15) is 0 Å². The quantitative estimate of drug-likeness (QED) is 0.441. The maximum atomic E-state index is 4.51. The molecule has 10 heavy (non-hydrogen) atoms. The van der Waals surface area contributed by atoms with Gasteiger partial charge < -0.3 is 0 Å². The van der Waals surface area contributed by atoms with Crippen molar-refractivity contribution in [3.05, 3.63) is 0 Å². The number of hydrogen-bond donors (Lipinski definition) is 0. The first kappa shape index (κ1) is 12.7. The molecule has 64 valence electrons. The third kappa shape index (κ3) is 15.7. The number of hydrogen-bond acceptors (Lipinski definition) is 3. The van der Waals surface area contributed by atoms with Crippen molar-refractivity contribution in [2.24, 2.45) is 0 Å². The summed E-state index contributed by atoms with van der Waals surface area (Å²) in [7, 11) is 6.12. The first-order chi connectivity index (χ1) is 4.72. The maximum Gasteiger partial charge on any atom is 0.0601 e. The Morgan fingerprint density at radius 3 is 1.60 bits per heavy atom. The Kier molecular flexibility index (Phi) is 15.1. The van der Waals surface area contributed by atoms with Crippen LogP contribution in [0.4, 0.5) is 0 Å². The van der Waals surface area contributed by atoms with Crippen molar-refractivity contribution < 1.29 is 9.68 Å². The van der Waals surface area contributed by atoms with Crippen LogP contribution < -0.4 is 0 Å². The summed E-state index contributed by atoms with van der Waals surface area (Å²) in [6, 6.07) is 1.46. The predicted octanol–water partition coefficient (Wildman–Crippen LogP) is 0.221. The molecule has 0 atom stereocenters. The monoisotopic (exact) mass is 165 g/mol. The van der Waals surface area contributed by atoms with Gasteiger partial charge in [-0.3, -0.25) is 9.68 Å². The summed E-state index contributed by atoms with van der Waals surface area (Å²) < 4.78 is 0. The summed E-state index contributed by atoms with van der Waals surface area (Å²) in [5, 5.41) is 1.25. The van der Waals surface area contributed by atoms with Gasteiger partial charge in [0, 0.05) is 17.3 Å². The van der Waals surface area contributed by atoms with Crippen molar-refractivity contribution in [3.8, 4) is 0 Å². The zero-order valence-corrected chi connectivity index (χ0v) is 9.68. The summed E-state index contributed by atoms with van der Waals surface area (Å²) in [5.41, 5.74) is 0. The lowest BCUT2D eigenvalue weighted by atomic mass is 10.6. The summed E-state index contributed by atoms with van der Waals surface area (Å²) in [6.07, 6.45) is 1.38. The molecule has 0 aliphatic rings. The molecule has 0 aromatic carbocycles. The van der Waals surface area contributed by atoms with E-state index in [1.54, 1.807) is 7.05 Å². The van der Waals surface area contributed by atoms with Crippen molar-refractivity contribution in [2.45, 2.75) is 19.4 Å². The van der Waals surface area contributed by atoms with Crippen LogP contribution >= 0.6 is 0 Å². The SMILES string of the molecule is CCC[SiH3].CON(C)OC. The van der Waals surface area contributed by atoms with Crippen LogP contribution in [0.25, 0.3) is 0 Å². The number of hydroxylamine groups is 2. The summed E-state index contributed by atoms with van der Waals surface area (Å²) in [5.74, 6) is 0. The molecule has 0 saturated carbocycles. The van der Waals surface area contributed by atoms with E-state index in [4.69, 9.17) is 0 Å². The molecular formula is C6H19NO2Si. The van der Waals surface area contributed by atoms with Crippen molar-refractivity contribution in [2.75, 3.05) is 21.3 Å². The Labute approximate surface area is 66.6 Å². The third-order valence-corrected chi connectivity index (χ3v) is 2.01. The molecule has 0 bridgehead atoms. The highest BCUT2D eigenvalue weighted by Gasteiger charge is 1.81. The second kappa shape index (κ2) is 11.8. The minimum atomic E-state index is 1.25. The molecule has 0 fully saturated rings. The highest BCUT2D eigenvalue weighted by molar-refractivity contribution is 6.08. The van der Waals surface area contributed by atoms with E-state index in [9.17, 15) is 0 Å². The average Bonchev–Trinajstić information content (AvgIpc) is 2.03. The van der Waals surface area contributed by atoms with E-state index in [0.717, 1.165) is 0 Å². The Balaban J connectivity index is 0. The highest BCUT2D eigenvalue weighted by Crippen LogP contribution is 1.74. The largest absolute Gasteiger partial charge is 0.278 e. The molecule has 0 spiro atoms. The van der Waals surface area contributed by atoms with Crippen molar-refractivity contribution >= 4 is 10.2 Å². The summed E-state index contributed by atoms with van der Waals surface area (Å²) in [6.45, 7) is 2.22. The fourth-order valence-corrected chi connectivity index (χ4v) is 0.0745. The molecular weight excluding hydrogens is 146 g/mol. The van der Waals surface area contributed by atoms with E-state index < -0.39 is 0 Å². The smallest absolute Gasteiger partial charge is 0.0601 e. The fourth-order valence-electron chi connectivity index (χ4n) is 0.0745. The fraction of sp³-hybridized carbons (Fsp3) is 1.00. The maximum absolute atomic E-state index is 4.51. The van der Waals surface area contributed by atoms with E-state index in [2.05, 4.69) is 16.6 Å². The van der Waals surface area contributed by atoms with Gasteiger partial charge >= 0.3 is 0 Å². The van der Waals surface area contributed by atoms with Gasteiger partial charge in [-0.25, -0.2) is 0 Å². The minimum Gasteiger partial charge on any atom is -0.278 e. The zero-order valence-electron chi connectivity index (χ0n) is 7.68. The Morgan fingerprint density at radius 2 is 1.60 bits per heavy atom. The summed E-state index contributed by atoms with van der Waals surface area (Å²) in [4.78, 5) is 9.02. The minimum absolute atomic E-state index is 1.25. The molecule has 3 nitrogen and oxygen atoms in total. The summed E-state index contributed by atoms with van der Waals surface area (Å²) >= 11 is 0. The van der Waals surface area contributed by atoms with E-state index in [1.807, 2.05) is 0 Å². The molecule has 0 unspecified atom stereocenters. The molecule has 0 N–H and O–H groups in total. The lowest BCUT2D eigenvalue weighted by Gasteiger charge is -2.06. The van der Waals surface area contributed by atoms with Gasteiger partial charge in [0.2, 0.25) is 0 Å². The van der Waals surface area contributed by atoms with Gasteiger partial charge in [0.15, 0.2) is 0 Å². The van der Waals surface area contributed by atoms with E-state index in [0.29, 0.717) is 0 Å². The topological polar surface area (TPSA) is 21.7 Å². The Hall–Kier alpha value is 0.0969. The average molecular weight is 165 g/mol. The van der Waals surface area contributed by atoms with Gasteiger partial charge in [-0.15, -0.1) is 0 Å². The van der Waals surface area contributed by atoms with Gasteiger partial charge in [0.05, 0.1) is 14.2 Å². The predicted molar refractivity (Wildman–Crippen MR) is 46.8 cm³/mol. The van der Waals surface area contributed by atoms with Crippen LogP contribution in [0.2, 0.25) is 6.04 Å². The van der Waals surface area contributed by atoms with E-state index >= 15 is 0 Å². The Bertz CT molecular complexity index is 49.0. The van der Waals surface area contributed by atoms with Gasteiger partial charge in [0.25, 0.3) is 0 Å². The first-order valence-electron chi connectivity index (χ1n) is 3.54. The normalized spacial score (nSPS) is 9.30. The van der Waals surface area contributed by atoms with E-state index in [1.165, 1.54) is 42.2 Å². The van der Waals surface area contributed by atoms with Crippen molar-refractivity contribution in [1.29, 1.82) is 0 Å². The lowest BCUT2D eigenvalue weighted by Crippen LogP contribution is -2.13. The molecule has 4 heteroatoms. The zero-order chi connectivity index (χ0) is 8.41. The van der Waals surface area contributed by atoms with Crippen LogP contribution in [0.1, 0.15) is 13.3 Å². The molecule has 0 saturated heterocycles. The lowest BCUT2D eigenvalue weighted by molar-refractivity contribution is -0.325. The number of rotatable bonds is 3. The van der Waals surface area contributed by atoms with Gasteiger partial charge in [-0.2, -0.15) is 0 Å². The van der Waals surface area contributed by atoms with Gasteiger partial charge in [-0.05, 0) is 0 Å². The van der Waals surface area contributed by atoms with Crippen LogP contribution in [0, 0.1) is 0 Å². The van der Waals surface area contributed by atoms with Crippen LogP contribution in [-0.4, -0.2) is 36.7 Å². The molecule has 0 aromatic rings. The number of nitrogens with zero attached hydrogens (tertiary/aromatic N) is 1. The van der Waals surface area contributed by atoms with Gasteiger partial charge in [-0.1, -0.05) is 24.6 Å². The molecule has 0 heterocycles. The van der Waals surface area contributed by atoms with Crippen LogP contribution in [0.15, 0.2) is 0 Å². The highest BCUT2D eigenvalue weighted by atomic mass is 28.1. The second-order valence-electron chi connectivity index (χ2n) is 1.80. The molecule has 0 aliphatic carbocycles. The molecule has 0 aliphatic heterocycles. The van der Waals surface area contributed by atoms with Crippen LogP contribution in [0.3, 0.4) is 0 Å². The first-order valence-corrected chi connectivity index (χ1v) is 4.96. The molecule has 0 aromatic heterocycles. The third-order valence-electron chi connectivity index (χ3n) is 1.01. The van der Waals surface area contributed by atoms with E-state index in [-0.39, 0.29) is 0 Å². The Morgan fingerprint density at radius 1 is 1.30 bits per heavy atom. The molecule has 0 radical (unpaired) electrons. The van der Waals surface area contributed by atoms with Crippen molar-refractivity contribution in [3.63, 3.8) is 0 Å². The second-order valence-corrected chi connectivity index (χ2v) is 2.80. The molecule has 0 amide bonds. The van der Waals surface area contributed by atoms with Crippen LogP contribution in [0.5, 0.6) is 0 Å². The standard InChI is InChI=1S/C3H9NO2.C3H10Si/c1-4(5-2)6-3;1-2-3-4/h1-3H3;2-3H2,1,4H3. The van der Waals surface area contributed by atoms with Crippen molar-refractivity contribution in [1.82, 2.24) is 5.23 Å². The van der Waals surface area contributed by atoms with Crippen LogP contribution in [-0.2, 0) is 9.68 Å².